The van der Waals surface area contributed by atoms with E-state index < -0.39 is 0 Å². The van der Waals surface area contributed by atoms with E-state index in [1.54, 1.807) is 0 Å². The standard InChI is InChI=1S/C13H16ClN3O/c1-3-18-9-8-17(2)13-11-7-5-4-6-10(11)12(14)15-16-13/h4-7H,3,8-9H2,1-2H3. The van der Waals surface area contributed by atoms with Crippen LogP contribution in [0.5, 0.6) is 0 Å². The Morgan fingerprint density at radius 1 is 1.22 bits per heavy atom. The molecule has 96 valence electrons. The van der Waals surface area contributed by atoms with E-state index in [9.17, 15) is 0 Å². The quantitative estimate of drug-likeness (QED) is 0.779. The van der Waals surface area contributed by atoms with Crippen LogP contribution in [0.15, 0.2) is 24.3 Å². The van der Waals surface area contributed by atoms with Gasteiger partial charge in [0.15, 0.2) is 11.0 Å². The highest BCUT2D eigenvalue weighted by molar-refractivity contribution is 6.34. The number of anilines is 1. The van der Waals surface area contributed by atoms with Crippen molar-refractivity contribution in [2.24, 2.45) is 0 Å². The zero-order valence-corrected chi connectivity index (χ0v) is 11.3. The van der Waals surface area contributed by atoms with Crippen LogP contribution in [-0.2, 0) is 4.74 Å². The van der Waals surface area contributed by atoms with Crippen molar-refractivity contribution in [2.45, 2.75) is 6.92 Å². The first-order chi connectivity index (χ1) is 8.74. The molecule has 0 unspecified atom stereocenters. The first kappa shape index (κ1) is 13.1. The third kappa shape index (κ3) is 2.71. The molecule has 0 spiro atoms. The van der Waals surface area contributed by atoms with E-state index in [1.807, 2.05) is 43.1 Å². The van der Waals surface area contributed by atoms with Crippen molar-refractivity contribution in [3.8, 4) is 0 Å². The van der Waals surface area contributed by atoms with Gasteiger partial charge < -0.3 is 9.64 Å². The number of rotatable bonds is 5. The molecule has 5 heteroatoms. The molecule has 18 heavy (non-hydrogen) atoms. The molecular weight excluding hydrogens is 250 g/mol. The fourth-order valence-corrected chi connectivity index (χ4v) is 1.99. The summed E-state index contributed by atoms with van der Waals surface area (Å²) in [7, 11) is 1.98. The number of ether oxygens (including phenoxy) is 1. The van der Waals surface area contributed by atoms with Crippen molar-refractivity contribution in [2.75, 3.05) is 31.7 Å². The normalized spacial score (nSPS) is 10.8. The topological polar surface area (TPSA) is 38.2 Å². The Labute approximate surface area is 112 Å². The number of hydrogen-bond donors (Lipinski definition) is 0. The second-order valence-electron chi connectivity index (χ2n) is 3.98. The summed E-state index contributed by atoms with van der Waals surface area (Å²) in [5, 5.41) is 10.5. The zero-order chi connectivity index (χ0) is 13.0. The number of halogens is 1. The van der Waals surface area contributed by atoms with Gasteiger partial charge in [-0.05, 0) is 6.92 Å². The fourth-order valence-electron chi connectivity index (χ4n) is 1.79. The molecule has 0 amide bonds. The maximum Gasteiger partial charge on any atom is 0.159 e. The van der Waals surface area contributed by atoms with E-state index in [0.29, 0.717) is 11.8 Å². The Hall–Kier alpha value is -1.39. The summed E-state index contributed by atoms with van der Waals surface area (Å²) in [6, 6.07) is 7.87. The molecule has 2 aromatic rings. The smallest absolute Gasteiger partial charge is 0.159 e. The predicted octanol–water partition coefficient (Wildman–Crippen LogP) is 2.76. The lowest BCUT2D eigenvalue weighted by molar-refractivity contribution is 0.154. The van der Waals surface area contributed by atoms with E-state index in [1.165, 1.54) is 0 Å². The second-order valence-corrected chi connectivity index (χ2v) is 4.34. The van der Waals surface area contributed by atoms with E-state index in [-0.39, 0.29) is 0 Å². The molecule has 1 aromatic carbocycles. The summed E-state index contributed by atoms with van der Waals surface area (Å²) in [4.78, 5) is 2.03. The molecule has 0 aliphatic carbocycles. The predicted molar refractivity (Wildman–Crippen MR) is 74.3 cm³/mol. The minimum absolute atomic E-state index is 0.438. The fraction of sp³-hybridized carbons (Fsp3) is 0.385. The number of aromatic nitrogens is 2. The van der Waals surface area contributed by atoms with Crippen LogP contribution in [0, 0.1) is 0 Å². The van der Waals surface area contributed by atoms with Crippen LogP contribution < -0.4 is 4.90 Å². The molecule has 0 aliphatic heterocycles. The summed E-state index contributed by atoms with van der Waals surface area (Å²) in [5.74, 6) is 0.828. The van der Waals surface area contributed by atoms with Crippen LogP contribution in [0.1, 0.15) is 6.92 Å². The van der Waals surface area contributed by atoms with Gasteiger partial charge in [0, 0.05) is 31.0 Å². The lowest BCUT2D eigenvalue weighted by Gasteiger charge is -2.19. The molecule has 0 atom stereocenters. The molecule has 2 rings (SSSR count). The Kier molecular flexibility index (Phi) is 4.33. The molecular formula is C13H16ClN3O. The minimum atomic E-state index is 0.438. The second kappa shape index (κ2) is 5.98. The molecule has 0 bridgehead atoms. The van der Waals surface area contributed by atoms with Crippen molar-refractivity contribution in [1.82, 2.24) is 10.2 Å². The molecule has 0 fully saturated rings. The van der Waals surface area contributed by atoms with Crippen LogP contribution in [0.25, 0.3) is 10.8 Å². The van der Waals surface area contributed by atoms with Gasteiger partial charge >= 0.3 is 0 Å². The first-order valence-corrected chi connectivity index (χ1v) is 6.31. The molecule has 0 saturated heterocycles. The Balaban J connectivity index is 2.30. The van der Waals surface area contributed by atoms with Gasteiger partial charge in [-0.2, -0.15) is 0 Å². The molecule has 1 aromatic heterocycles. The largest absolute Gasteiger partial charge is 0.380 e. The Morgan fingerprint density at radius 2 is 1.94 bits per heavy atom. The van der Waals surface area contributed by atoms with E-state index in [0.717, 1.165) is 29.7 Å². The van der Waals surface area contributed by atoms with E-state index >= 15 is 0 Å². The van der Waals surface area contributed by atoms with E-state index in [4.69, 9.17) is 16.3 Å². The monoisotopic (exact) mass is 265 g/mol. The first-order valence-electron chi connectivity index (χ1n) is 5.94. The van der Waals surface area contributed by atoms with Gasteiger partial charge in [0.25, 0.3) is 0 Å². The number of nitrogens with zero attached hydrogens (tertiary/aromatic N) is 3. The summed E-state index contributed by atoms with van der Waals surface area (Å²) in [6.45, 7) is 4.15. The van der Waals surface area contributed by atoms with Crippen LogP contribution in [0.3, 0.4) is 0 Å². The zero-order valence-electron chi connectivity index (χ0n) is 10.6. The van der Waals surface area contributed by atoms with Crippen molar-refractivity contribution >= 4 is 28.2 Å². The van der Waals surface area contributed by atoms with Gasteiger partial charge in [-0.1, -0.05) is 35.9 Å². The summed E-state index contributed by atoms with van der Waals surface area (Å²) in [5.41, 5.74) is 0. The van der Waals surface area contributed by atoms with Crippen LogP contribution in [0.2, 0.25) is 5.15 Å². The third-order valence-corrected chi connectivity index (χ3v) is 3.04. The lowest BCUT2D eigenvalue weighted by Crippen LogP contribution is -2.24. The average Bonchev–Trinajstić information content (AvgIpc) is 2.39. The maximum atomic E-state index is 6.04. The SMILES string of the molecule is CCOCCN(C)c1nnc(Cl)c2ccccc12. The minimum Gasteiger partial charge on any atom is -0.380 e. The summed E-state index contributed by atoms with van der Waals surface area (Å²) >= 11 is 6.04. The van der Waals surface area contributed by atoms with E-state index in [2.05, 4.69) is 10.2 Å². The van der Waals surface area contributed by atoms with Crippen LogP contribution in [-0.4, -0.2) is 37.0 Å². The number of likely N-dealkylation sites (N-methyl/N-ethyl adjacent to an activating group) is 1. The molecule has 4 nitrogen and oxygen atoms in total. The van der Waals surface area contributed by atoms with Crippen LogP contribution >= 0.6 is 11.6 Å². The molecule has 0 saturated carbocycles. The van der Waals surface area contributed by atoms with Crippen molar-refractivity contribution in [1.29, 1.82) is 0 Å². The average molecular weight is 266 g/mol. The van der Waals surface area contributed by atoms with Gasteiger partial charge in [0.05, 0.1) is 6.61 Å². The highest BCUT2D eigenvalue weighted by atomic mass is 35.5. The van der Waals surface area contributed by atoms with Gasteiger partial charge in [-0.25, -0.2) is 0 Å². The molecule has 0 radical (unpaired) electrons. The highest BCUT2D eigenvalue weighted by Crippen LogP contribution is 2.27. The highest BCUT2D eigenvalue weighted by Gasteiger charge is 2.10. The van der Waals surface area contributed by atoms with Crippen molar-refractivity contribution in [3.05, 3.63) is 29.4 Å². The third-order valence-electron chi connectivity index (χ3n) is 2.76. The van der Waals surface area contributed by atoms with Gasteiger partial charge in [0.2, 0.25) is 0 Å². The Morgan fingerprint density at radius 3 is 2.67 bits per heavy atom. The number of hydrogen-bond acceptors (Lipinski definition) is 4. The molecule has 0 aliphatic rings. The maximum absolute atomic E-state index is 6.04. The van der Waals surface area contributed by atoms with Crippen LogP contribution in [0.4, 0.5) is 5.82 Å². The summed E-state index contributed by atoms with van der Waals surface area (Å²) < 4.78 is 5.35. The molecule has 1 heterocycles. The molecule has 0 N–H and O–H groups in total. The van der Waals surface area contributed by atoms with Gasteiger partial charge in [0.1, 0.15) is 0 Å². The van der Waals surface area contributed by atoms with Gasteiger partial charge in [-0.3, -0.25) is 0 Å². The van der Waals surface area contributed by atoms with Gasteiger partial charge in [-0.15, -0.1) is 10.2 Å². The Bertz CT molecular complexity index is 533. The number of benzene rings is 1. The lowest BCUT2D eigenvalue weighted by atomic mass is 10.2. The van der Waals surface area contributed by atoms with Crippen molar-refractivity contribution < 1.29 is 4.74 Å². The van der Waals surface area contributed by atoms with Crippen molar-refractivity contribution in [3.63, 3.8) is 0 Å². The number of fused-ring (bicyclic) bond motifs is 1. The summed E-state index contributed by atoms with van der Waals surface area (Å²) in [6.07, 6.45) is 0.